The van der Waals surface area contributed by atoms with Gasteiger partial charge >= 0.3 is 60.2 Å². The Morgan fingerprint density at radius 3 is 1.42 bits per heavy atom. The Labute approximate surface area is 96.1 Å². The molecule has 6 heteroatoms. The van der Waals surface area contributed by atoms with Crippen molar-refractivity contribution >= 4 is 39.9 Å². The van der Waals surface area contributed by atoms with Crippen LogP contribution in [-0.4, -0.2) is 27.4 Å². The van der Waals surface area contributed by atoms with Gasteiger partial charge in [0.2, 0.25) is 0 Å². The zero-order chi connectivity index (χ0) is 10.0. The van der Waals surface area contributed by atoms with E-state index in [4.69, 9.17) is 0 Å². The molecule has 0 amide bonds. The second kappa shape index (κ2) is 10.9. The summed E-state index contributed by atoms with van der Waals surface area (Å²) in [5.74, 6) is 0. The molecule has 0 aromatic heterocycles. The molecule has 0 radical (unpaired) electrons. The predicted octanol–water partition coefficient (Wildman–Crippen LogP) is 3.33. The summed E-state index contributed by atoms with van der Waals surface area (Å²) in [6.07, 6.45) is 0. The van der Waals surface area contributed by atoms with E-state index < -0.39 is 9.23 Å². The van der Waals surface area contributed by atoms with Crippen molar-refractivity contribution in [1.29, 1.82) is 0 Å². The van der Waals surface area contributed by atoms with Crippen LogP contribution in [0.1, 0.15) is 6.92 Å². The van der Waals surface area contributed by atoms with Crippen LogP contribution in [0, 0.1) is 4.20 Å². The van der Waals surface area contributed by atoms with Crippen LogP contribution in [0.5, 0.6) is 0 Å². The Kier molecular flexibility index (Phi) is 14.8. The van der Waals surface area contributed by atoms with Gasteiger partial charge in [0.1, 0.15) is 0 Å². The van der Waals surface area contributed by atoms with Gasteiger partial charge in [0.15, 0.2) is 0 Å². The summed E-state index contributed by atoms with van der Waals surface area (Å²) in [5.41, 5.74) is 0. The quantitative estimate of drug-likeness (QED) is 0.512. The topological polar surface area (TPSA) is 18.5 Å². The third kappa shape index (κ3) is 22.6. The van der Waals surface area contributed by atoms with Crippen LogP contribution in [0.2, 0.25) is 0 Å². The van der Waals surface area contributed by atoms with Crippen molar-refractivity contribution < 1.29 is 18.7 Å². The number of halogens is 3. The molecule has 0 fully saturated rings. The first-order valence-electron chi connectivity index (χ1n) is 3.06. The monoisotopic (exact) mass is 538 g/mol. The molecule has 0 aromatic rings. The van der Waals surface area contributed by atoms with Gasteiger partial charge in [-0.3, -0.25) is 0 Å². The van der Waals surface area contributed by atoms with Gasteiger partial charge in [0.05, 0.1) is 13.2 Å². The molecule has 0 bridgehead atoms. The van der Waals surface area contributed by atoms with E-state index in [1.165, 1.54) is 0 Å². The first-order chi connectivity index (χ1) is 5.47. The number of ether oxygens (including phenoxy) is 2. The van der Waals surface area contributed by atoms with E-state index in [0.717, 1.165) is 0 Å². The first-order valence-corrected chi connectivity index (χ1v) is 23.8. The molecule has 0 N–H and O–H groups in total. The van der Waals surface area contributed by atoms with Crippen LogP contribution in [0.4, 0.5) is 0 Å². The van der Waals surface area contributed by atoms with E-state index in [2.05, 4.69) is 53.6 Å². The molecule has 0 atom stereocenters. The van der Waals surface area contributed by atoms with Gasteiger partial charge in [-0.2, -0.15) is 0 Å². The summed E-state index contributed by atoms with van der Waals surface area (Å²) in [7, 11) is 1.27. The van der Waals surface area contributed by atoms with Crippen molar-refractivity contribution in [2.45, 2.75) is 6.92 Å². The summed E-state index contributed by atoms with van der Waals surface area (Å²) in [6, 6.07) is 0. The third-order valence-electron chi connectivity index (χ3n) is 0.723. The molecule has 0 aliphatic carbocycles. The Morgan fingerprint density at radius 1 is 1.08 bits per heavy atom. The normalized spacial score (nSPS) is 9.83. The summed E-state index contributed by atoms with van der Waals surface area (Å²) in [5, 5.41) is 0. The molecule has 2 nitrogen and oxygen atoms in total. The maximum absolute atomic E-state index is 4.66. The minimum atomic E-state index is -2.03. The first kappa shape index (κ1) is 16.3. The average molecular weight is 541 g/mol. The van der Waals surface area contributed by atoms with Gasteiger partial charge in [-0.15, -0.1) is 0 Å². The third-order valence-corrected chi connectivity index (χ3v) is 10.3. The molecule has 0 heterocycles. The van der Waals surface area contributed by atoms with Gasteiger partial charge in [-0.1, -0.05) is 0 Å². The molecule has 12 heavy (non-hydrogen) atoms. The van der Waals surface area contributed by atoms with Crippen LogP contribution in [0.3, 0.4) is 0 Å². The van der Waals surface area contributed by atoms with E-state index in [0.29, 0.717) is 13.2 Å². The fourth-order valence-corrected chi connectivity index (χ4v) is 0.167. The maximum atomic E-state index is 4.66. The van der Waals surface area contributed by atoms with Gasteiger partial charge in [0.25, 0.3) is 0 Å². The van der Waals surface area contributed by atoms with Crippen LogP contribution in [0.15, 0.2) is 0 Å². The van der Waals surface area contributed by atoms with Crippen LogP contribution >= 0.6 is 39.9 Å². The van der Waals surface area contributed by atoms with Gasteiger partial charge in [-0.25, -0.2) is 0 Å². The molecule has 0 aliphatic heterocycles. The summed E-state index contributed by atoms with van der Waals surface area (Å²) in [4.78, 5) is 0. The Morgan fingerprint density at radius 2 is 1.33 bits per heavy atom. The fourth-order valence-electron chi connectivity index (χ4n) is 0.167. The van der Waals surface area contributed by atoms with E-state index in [1.807, 2.05) is 6.92 Å². The molecule has 0 aliphatic rings. The molecule has 76 valence electrons. The summed E-state index contributed by atoms with van der Waals surface area (Å²) < 4.78 is 12.4. The molecule has 0 aromatic carbocycles. The number of hydrogen-bond acceptors (Lipinski definition) is 2. The van der Waals surface area contributed by atoms with Gasteiger partial charge < -0.3 is 9.47 Å². The minimum absolute atomic E-state index is 0.691. The van der Waals surface area contributed by atoms with Crippen LogP contribution in [0.25, 0.3) is 0 Å². The second-order valence-electron chi connectivity index (χ2n) is 1.60. The van der Waals surface area contributed by atoms with Crippen molar-refractivity contribution in [3.63, 3.8) is 0 Å². The second-order valence-corrected chi connectivity index (χ2v) is 51.2. The zero-order valence-electron chi connectivity index (χ0n) is 7.27. The van der Waals surface area contributed by atoms with Crippen molar-refractivity contribution in [3.8, 4) is 4.20 Å². The standard InChI is InChI=1S/C4H10O2.C2H3.3BrH.W/c1-5-3-4-6-2;1-2;;;;/h3-4H2,1-2H3;1H3;3*1H;/q;;;;;+3/p-3. The van der Waals surface area contributed by atoms with Gasteiger partial charge in [0, 0.05) is 14.2 Å². The van der Waals surface area contributed by atoms with Crippen molar-refractivity contribution in [2.24, 2.45) is 0 Å². The van der Waals surface area contributed by atoms with Gasteiger partial charge in [-0.05, 0) is 0 Å². The van der Waals surface area contributed by atoms with Crippen LogP contribution < -0.4 is 0 Å². The molecule has 0 saturated heterocycles. The average Bonchev–Trinajstić information content (AvgIpc) is 2.01. The van der Waals surface area contributed by atoms with E-state index >= 15 is 0 Å². The Hall–Kier alpha value is 1.83. The van der Waals surface area contributed by atoms with Crippen molar-refractivity contribution in [2.75, 3.05) is 27.4 Å². The molecular formula is C6H13Br3O2W. The molecule has 0 saturated carbocycles. The predicted molar refractivity (Wildman–Crippen MR) is 60.1 cm³/mol. The molecular weight excluding hydrogens is 528 g/mol. The number of hydrogen-bond donors (Lipinski definition) is 0. The Balaban J connectivity index is 0. The summed E-state index contributed by atoms with van der Waals surface area (Å²) in [6.45, 7) is 3.29. The molecule has 0 unspecified atom stereocenters. The van der Waals surface area contributed by atoms with E-state index in [1.54, 1.807) is 14.2 Å². The van der Waals surface area contributed by atoms with E-state index in [9.17, 15) is 0 Å². The zero-order valence-corrected chi connectivity index (χ0v) is 15.0. The van der Waals surface area contributed by atoms with E-state index in [-0.39, 0.29) is 0 Å². The SMILES string of the molecule is COCCOC.C[C]#[W]([Br])([Br])[Br]. The number of rotatable bonds is 3. The fraction of sp³-hybridized carbons (Fsp3) is 0.833. The summed E-state index contributed by atoms with van der Waals surface area (Å²) >= 11 is 10.2. The molecule has 0 spiro atoms. The van der Waals surface area contributed by atoms with Crippen molar-refractivity contribution in [3.05, 3.63) is 0 Å². The Bertz CT molecular complexity index is 170. The van der Waals surface area contributed by atoms with Crippen LogP contribution in [-0.2, 0) is 18.7 Å². The molecule has 0 rings (SSSR count). The van der Waals surface area contributed by atoms with Crippen molar-refractivity contribution in [1.82, 2.24) is 0 Å². The number of methoxy groups -OCH3 is 2.